The van der Waals surface area contributed by atoms with Gasteiger partial charge in [0.25, 0.3) is 5.56 Å². The van der Waals surface area contributed by atoms with Gasteiger partial charge >= 0.3 is 0 Å². The molecule has 1 amide bonds. The monoisotopic (exact) mass is 256 g/mol. The molecule has 1 N–H and O–H groups in total. The smallest absolute Gasteiger partial charge is 0.255 e. The number of carbonyl (C=O) groups excluding carboxylic acids is 1. The zero-order chi connectivity index (χ0) is 13.8. The first-order valence-electron chi connectivity index (χ1n) is 5.85. The van der Waals surface area contributed by atoms with Crippen molar-refractivity contribution < 1.29 is 9.53 Å². The Morgan fingerprint density at radius 1 is 1.42 bits per heavy atom. The van der Waals surface area contributed by atoms with Crippen molar-refractivity contribution in [2.45, 2.75) is 6.92 Å². The standard InChI is InChI=1S/C13H13BN2O3/c1-9-6-10-2-3-11(8-16(10)12(17)7-9)19-5-4-15-13(14)18/h2-3,6-8H,4-5H2,1H3,(H,15,18). The lowest BCUT2D eigenvalue weighted by Crippen LogP contribution is -2.26. The van der Waals surface area contributed by atoms with Crippen molar-refractivity contribution in [3.63, 3.8) is 0 Å². The Morgan fingerprint density at radius 3 is 2.95 bits per heavy atom. The molecule has 2 aromatic rings. The van der Waals surface area contributed by atoms with Crippen molar-refractivity contribution in [1.82, 2.24) is 9.72 Å². The predicted molar refractivity (Wildman–Crippen MR) is 73.1 cm³/mol. The normalized spacial score (nSPS) is 10.4. The van der Waals surface area contributed by atoms with Crippen LogP contribution in [0, 0.1) is 6.92 Å². The molecule has 0 aromatic carbocycles. The van der Waals surface area contributed by atoms with E-state index in [1.54, 1.807) is 18.3 Å². The number of carbonyl (C=O) groups is 1. The zero-order valence-electron chi connectivity index (χ0n) is 10.6. The summed E-state index contributed by atoms with van der Waals surface area (Å²) in [4.78, 5) is 22.3. The van der Waals surface area contributed by atoms with Crippen molar-refractivity contribution in [1.29, 1.82) is 0 Å². The minimum Gasteiger partial charge on any atom is -0.490 e. The van der Waals surface area contributed by atoms with E-state index in [0.29, 0.717) is 12.3 Å². The molecule has 0 bridgehead atoms. The average Bonchev–Trinajstić information content (AvgIpc) is 2.35. The quantitative estimate of drug-likeness (QED) is 0.652. The number of nitrogens with one attached hydrogen (secondary N) is 1. The first-order chi connectivity index (χ1) is 9.06. The molecular formula is C13H13BN2O3. The summed E-state index contributed by atoms with van der Waals surface area (Å²) in [6.07, 6.45) is 1.63. The molecule has 0 aliphatic heterocycles. The third-order valence-electron chi connectivity index (χ3n) is 2.59. The Morgan fingerprint density at radius 2 is 2.21 bits per heavy atom. The van der Waals surface area contributed by atoms with Crippen LogP contribution in [0.25, 0.3) is 5.52 Å². The van der Waals surface area contributed by atoms with E-state index in [2.05, 4.69) is 5.32 Å². The molecule has 96 valence electrons. The molecule has 5 nitrogen and oxygen atoms in total. The Hall–Kier alpha value is -2.24. The van der Waals surface area contributed by atoms with Gasteiger partial charge in [-0.1, -0.05) is 0 Å². The summed E-state index contributed by atoms with van der Waals surface area (Å²) < 4.78 is 6.94. The Balaban J connectivity index is 2.13. The maximum absolute atomic E-state index is 11.8. The molecule has 0 aliphatic carbocycles. The maximum Gasteiger partial charge on any atom is 0.255 e. The van der Waals surface area contributed by atoms with Gasteiger partial charge in [0.2, 0.25) is 0 Å². The third-order valence-corrected chi connectivity index (χ3v) is 2.59. The van der Waals surface area contributed by atoms with E-state index in [1.165, 1.54) is 4.40 Å². The molecule has 2 rings (SSSR count). The molecule has 0 spiro atoms. The summed E-state index contributed by atoms with van der Waals surface area (Å²) in [5.41, 5.74) is 1.63. The van der Waals surface area contributed by atoms with Gasteiger partial charge in [-0.3, -0.25) is 14.0 Å². The predicted octanol–water partition coefficient (Wildman–Crippen LogP) is 0.865. The minimum atomic E-state index is -0.589. The van der Waals surface area contributed by atoms with Gasteiger partial charge in [-0.05, 0) is 30.7 Å². The van der Waals surface area contributed by atoms with E-state index in [9.17, 15) is 9.59 Å². The Labute approximate surface area is 111 Å². The lowest BCUT2D eigenvalue weighted by molar-refractivity contribution is 0.254. The number of aryl methyl sites for hydroxylation is 1. The molecule has 0 saturated carbocycles. The van der Waals surface area contributed by atoms with Crippen LogP contribution in [0.5, 0.6) is 5.75 Å². The largest absolute Gasteiger partial charge is 0.490 e. The number of rotatable bonds is 4. The summed E-state index contributed by atoms with van der Waals surface area (Å²) in [5.74, 6) is -0.0291. The molecule has 0 unspecified atom stereocenters. The average molecular weight is 256 g/mol. The number of amides is 1. The van der Waals surface area contributed by atoms with Crippen molar-refractivity contribution in [2.75, 3.05) is 13.2 Å². The van der Waals surface area contributed by atoms with Crippen LogP contribution in [0.4, 0.5) is 4.79 Å². The van der Waals surface area contributed by atoms with Gasteiger partial charge in [0, 0.05) is 11.6 Å². The van der Waals surface area contributed by atoms with Crippen LogP contribution in [0.1, 0.15) is 5.56 Å². The van der Waals surface area contributed by atoms with Crippen LogP contribution in [0.2, 0.25) is 0 Å². The van der Waals surface area contributed by atoms with Crippen molar-refractivity contribution in [3.8, 4) is 5.75 Å². The number of hydrogen-bond acceptors (Lipinski definition) is 3. The highest BCUT2D eigenvalue weighted by Gasteiger charge is 2.00. The highest BCUT2D eigenvalue weighted by Crippen LogP contribution is 2.12. The van der Waals surface area contributed by atoms with Crippen LogP contribution in [0.3, 0.4) is 0 Å². The summed E-state index contributed by atoms with van der Waals surface area (Å²) >= 11 is 0. The Bertz CT molecular complexity index is 666. The first-order valence-corrected chi connectivity index (χ1v) is 5.85. The maximum atomic E-state index is 11.8. The number of aromatic nitrogens is 1. The van der Waals surface area contributed by atoms with Gasteiger partial charge < -0.3 is 10.1 Å². The second-order valence-electron chi connectivity index (χ2n) is 4.17. The van der Waals surface area contributed by atoms with Gasteiger partial charge in [0.05, 0.1) is 12.7 Å². The third kappa shape index (κ3) is 3.37. The highest BCUT2D eigenvalue weighted by atomic mass is 16.5. The van der Waals surface area contributed by atoms with Crippen molar-refractivity contribution in [3.05, 3.63) is 46.4 Å². The second-order valence-corrected chi connectivity index (χ2v) is 4.17. The van der Waals surface area contributed by atoms with Gasteiger partial charge in [-0.15, -0.1) is 0 Å². The minimum absolute atomic E-state index is 0.101. The Kier molecular flexibility index (Phi) is 3.89. The number of fused-ring (bicyclic) bond motifs is 1. The number of hydrogen-bond donors (Lipinski definition) is 1. The van der Waals surface area contributed by atoms with Gasteiger partial charge in [0.15, 0.2) is 13.7 Å². The van der Waals surface area contributed by atoms with E-state index in [1.807, 2.05) is 19.1 Å². The molecule has 6 heteroatoms. The number of nitrogens with zero attached hydrogens (tertiary/aromatic N) is 1. The fraction of sp³-hybridized carbons (Fsp3) is 0.231. The second kappa shape index (κ2) is 5.60. The van der Waals surface area contributed by atoms with E-state index >= 15 is 0 Å². The van der Waals surface area contributed by atoms with Crippen LogP contribution < -0.4 is 15.6 Å². The topological polar surface area (TPSA) is 59.8 Å². The SMILES string of the molecule is [B]C(=O)NCCOc1ccc2cc(C)cc(=O)n2c1. The summed E-state index contributed by atoms with van der Waals surface area (Å²) in [7, 11) is 4.93. The highest BCUT2D eigenvalue weighted by molar-refractivity contribution is 6.57. The fourth-order valence-corrected chi connectivity index (χ4v) is 1.77. The van der Waals surface area contributed by atoms with E-state index < -0.39 is 5.81 Å². The molecular weight excluding hydrogens is 243 g/mol. The fourth-order valence-electron chi connectivity index (χ4n) is 1.77. The summed E-state index contributed by atoms with van der Waals surface area (Å²) in [6.45, 7) is 2.48. The molecule has 0 aliphatic rings. The van der Waals surface area contributed by atoms with Crippen LogP contribution >= 0.6 is 0 Å². The van der Waals surface area contributed by atoms with Crippen LogP contribution in [-0.4, -0.2) is 31.2 Å². The molecule has 0 fully saturated rings. The molecule has 2 heterocycles. The number of pyridine rings is 2. The first kappa shape index (κ1) is 13.2. The van der Waals surface area contributed by atoms with Crippen molar-refractivity contribution in [2.24, 2.45) is 0 Å². The molecule has 2 radical (unpaired) electrons. The number of ether oxygens (including phenoxy) is 1. The summed E-state index contributed by atoms with van der Waals surface area (Å²) in [6, 6.07) is 7.06. The van der Waals surface area contributed by atoms with Crippen LogP contribution in [-0.2, 0) is 0 Å². The van der Waals surface area contributed by atoms with Gasteiger partial charge in [0.1, 0.15) is 12.4 Å². The van der Waals surface area contributed by atoms with Gasteiger partial charge in [-0.25, -0.2) is 0 Å². The van der Waals surface area contributed by atoms with Crippen LogP contribution in [0.15, 0.2) is 35.3 Å². The van der Waals surface area contributed by atoms with Crippen molar-refractivity contribution >= 4 is 19.2 Å². The van der Waals surface area contributed by atoms with E-state index in [-0.39, 0.29) is 12.2 Å². The summed E-state index contributed by atoms with van der Waals surface area (Å²) in [5, 5.41) is 2.42. The molecule has 19 heavy (non-hydrogen) atoms. The molecule has 2 aromatic heterocycles. The molecule has 0 atom stereocenters. The lowest BCUT2D eigenvalue weighted by Gasteiger charge is -2.08. The van der Waals surface area contributed by atoms with Gasteiger partial charge in [-0.2, -0.15) is 0 Å². The lowest BCUT2D eigenvalue weighted by atomic mass is 10.1. The zero-order valence-corrected chi connectivity index (χ0v) is 10.6. The van der Waals surface area contributed by atoms with E-state index in [0.717, 1.165) is 11.1 Å². The van der Waals surface area contributed by atoms with E-state index in [4.69, 9.17) is 12.6 Å². The molecule has 0 saturated heterocycles.